The number of benzene rings is 2. The minimum atomic E-state index is -0.229. The van der Waals surface area contributed by atoms with E-state index in [1.54, 1.807) is 12.4 Å². The molecule has 0 saturated carbocycles. The minimum absolute atomic E-state index is 0.0792. The molecule has 33 heavy (non-hydrogen) atoms. The van der Waals surface area contributed by atoms with Crippen LogP contribution in [0.5, 0.6) is 0 Å². The van der Waals surface area contributed by atoms with Crippen LogP contribution in [0.3, 0.4) is 0 Å². The Labute approximate surface area is 190 Å². The summed E-state index contributed by atoms with van der Waals surface area (Å²) in [4.78, 5) is 14.1. The number of hydrogen-bond donors (Lipinski definition) is 0. The summed E-state index contributed by atoms with van der Waals surface area (Å²) >= 11 is 0. The fraction of sp³-hybridized carbons (Fsp3) is 0.200. The summed E-state index contributed by atoms with van der Waals surface area (Å²) < 4.78 is 19.4. The number of pyridine rings is 1. The quantitative estimate of drug-likeness (QED) is 0.361. The maximum absolute atomic E-state index is 15.3. The van der Waals surface area contributed by atoms with Gasteiger partial charge in [0.05, 0.1) is 22.5 Å². The molecule has 5 heterocycles. The zero-order chi connectivity index (χ0) is 22.3. The van der Waals surface area contributed by atoms with E-state index in [0.717, 1.165) is 39.0 Å². The Hall–Kier alpha value is -3.44. The smallest absolute Gasteiger partial charge is 0.159 e. The summed E-state index contributed by atoms with van der Waals surface area (Å²) in [6.07, 6.45) is 4.20. The first-order valence-electron chi connectivity index (χ1n) is 10.9. The lowest BCUT2D eigenvalue weighted by Crippen LogP contribution is -2.13. The monoisotopic (exact) mass is 454 g/mol. The number of imidazole rings is 1. The fourth-order valence-corrected chi connectivity index (χ4v) is 5.96. The van der Waals surface area contributed by atoms with Gasteiger partial charge in [0.15, 0.2) is 5.82 Å². The van der Waals surface area contributed by atoms with Crippen LogP contribution in [0, 0.1) is 5.82 Å². The van der Waals surface area contributed by atoms with E-state index < -0.39 is 0 Å². The molecule has 2 bridgehead atoms. The van der Waals surface area contributed by atoms with Gasteiger partial charge in [-0.25, -0.2) is 19.0 Å². The SMILES string of the molecule is CP(C)c1ccc(-c2ccc3nc4n(c3c2)C2CC4n3ncnc3-c3cccc(F)c32)cn1. The first-order valence-corrected chi connectivity index (χ1v) is 13.2. The normalized spacial score (nSPS) is 18.3. The van der Waals surface area contributed by atoms with Crippen molar-refractivity contribution in [3.8, 4) is 22.5 Å². The number of rotatable bonds is 2. The summed E-state index contributed by atoms with van der Waals surface area (Å²) in [6, 6.07) is 15.5. The molecule has 6 nitrogen and oxygen atoms in total. The molecule has 0 saturated heterocycles. The second-order valence-corrected chi connectivity index (χ2v) is 11.1. The highest BCUT2D eigenvalue weighted by atomic mass is 31.1. The lowest BCUT2D eigenvalue weighted by Gasteiger charge is -2.19. The first kappa shape index (κ1) is 19.1. The molecular formula is C25H20FN6P. The van der Waals surface area contributed by atoms with Gasteiger partial charge in [-0.05, 0) is 43.2 Å². The van der Waals surface area contributed by atoms with Gasteiger partial charge in [-0.15, -0.1) is 0 Å². The van der Waals surface area contributed by atoms with Crippen LogP contribution in [-0.4, -0.2) is 42.6 Å². The molecule has 2 aromatic carbocycles. The van der Waals surface area contributed by atoms with Gasteiger partial charge in [0.25, 0.3) is 0 Å². The molecule has 2 aliphatic heterocycles. The second kappa shape index (κ2) is 6.78. The van der Waals surface area contributed by atoms with Gasteiger partial charge in [0, 0.05) is 29.3 Å². The number of aromatic nitrogens is 6. The van der Waals surface area contributed by atoms with Crippen LogP contribution >= 0.6 is 7.92 Å². The summed E-state index contributed by atoms with van der Waals surface area (Å²) in [6.45, 7) is 4.41. The average Bonchev–Trinajstić information content (AvgIpc) is 3.51. The van der Waals surface area contributed by atoms with Crippen molar-refractivity contribution in [1.29, 1.82) is 0 Å². The molecule has 8 heteroatoms. The molecule has 0 radical (unpaired) electrons. The fourth-order valence-electron chi connectivity index (χ4n) is 5.30. The number of hydrogen-bond acceptors (Lipinski definition) is 4. The molecule has 0 amide bonds. The van der Waals surface area contributed by atoms with Crippen LogP contribution in [0.1, 0.15) is 29.9 Å². The Kier molecular flexibility index (Phi) is 3.92. The highest BCUT2D eigenvalue weighted by Gasteiger charge is 2.42. The van der Waals surface area contributed by atoms with Crippen molar-refractivity contribution in [3.05, 3.63) is 78.3 Å². The van der Waals surface area contributed by atoms with Crippen molar-refractivity contribution in [2.24, 2.45) is 0 Å². The van der Waals surface area contributed by atoms with Gasteiger partial charge in [-0.3, -0.25) is 4.98 Å². The second-order valence-electron chi connectivity index (χ2n) is 8.84. The van der Waals surface area contributed by atoms with Crippen LogP contribution in [0.2, 0.25) is 0 Å². The van der Waals surface area contributed by atoms with Crippen LogP contribution in [0.4, 0.5) is 4.39 Å². The molecule has 3 aromatic heterocycles. The van der Waals surface area contributed by atoms with Gasteiger partial charge in [0.2, 0.25) is 0 Å². The van der Waals surface area contributed by atoms with E-state index in [-0.39, 0.29) is 25.8 Å². The standard InChI is InChI=1S/C25H20FN6P/c1-33(2)22-9-7-15(12-27-22)14-6-8-18-19(10-14)31-20-11-21(25(31)30-18)32-24(28-13-29-32)16-4-3-5-17(26)23(16)20/h3-10,12-13,20-21H,11H2,1-2H3. The summed E-state index contributed by atoms with van der Waals surface area (Å²) in [5.41, 5.74) is 6.67. The Balaban J connectivity index is 1.45. The van der Waals surface area contributed by atoms with Gasteiger partial charge in [-0.2, -0.15) is 5.10 Å². The van der Waals surface area contributed by atoms with Crippen molar-refractivity contribution in [3.63, 3.8) is 0 Å². The van der Waals surface area contributed by atoms with Crippen molar-refractivity contribution < 1.29 is 4.39 Å². The Morgan fingerprint density at radius 3 is 2.70 bits per heavy atom. The molecule has 2 aliphatic rings. The molecule has 0 spiro atoms. The molecule has 0 N–H and O–H groups in total. The summed E-state index contributed by atoms with van der Waals surface area (Å²) in [5, 5.41) is 4.50. The summed E-state index contributed by atoms with van der Waals surface area (Å²) in [7, 11) is -0.229. The predicted octanol–water partition coefficient (Wildman–Crippen LogP) is 4.76. The third-order valence-electron chi connectivity index (χ3n) is 6.81. The van der Waals surface area contributed by atoms with E-state index >= 15 is 4.39 Å². The van der Waals surface area contributed by atoms with Crippen molar-refractivity contribution in [2.45, 2.75) is 18.5 Å². The third kappa shape index (κ3) is 2.63. The number of fused-ring (bicyclic) bond motifs is 6. The summed E-state index contributed by atoms with van der Waals surface area (Å²) in [5.74, 6) is 1.40. The lowest BCUT2D eigenvalue weighted by molar-refractivity contribution is 0.495. The van der Waals surface area contributed by atoms with Gasteiger partial charge >= 0.3 is 0 Å². The van der Waals surface area contributed by atoms with Crippen LogP contribution < -0.4 is 5.44 Å². The molecule has 5 aromatic rings. The van der Waals surface area contributed by atoms with Gasteiger partial charge in [-0.1, -0.05) is 32.2 Å². The molecule has 0 aliphatic carbocycles. The van der Waals surface area contributed by atoms with E-state index in [9.17, 15) is 0 Å². The minimum Gasteiger partial charge on any atom is -0.318 e. The Morgan fingerprint density at radius 2 is 1.88 bits per heavy atom. The molecule has 2 atom stereocenters. The maximum Gasteiger partial charge on any atom is 0.159 e. The van der Waals surface area contributed by atoms with E-state index in [1.807, 2.05) is 23.0 Å². The molecule has 2 unspecified atom stereocenters. The van der Waals surface area contributed by atoms with Crippen LogP contribution in [-0.2, 0) is 0 Å². The van der Waals surface area contributed by atoms with Gasteiger partial charge in [0.1, 0.15) is 24.0 Å². The van der Waals surface area contributed by atoms with Crippen LogP contribution in [0.25, 0.3) is 33.5 Å². The third-order valence-corrected chi connectivity index (χ3v) is 7.99. The van der Waals surface area contributed by atoms with E-state index in [1.165, 1.54) is 6.07 Å². The zero-order valence-corrected chi connectivity index (χ0v) is 19.0. The number of nitrogens with zero attached hydrogens (tertiary/aromatic N) is 6. The Morgan fingerprint density at radius 1 is 1.00 bits per heavy atom. The molecule has 162 valence electrons. The molecular weight excluding hydrogens is 434 g/mol. The van der Waals surface area contributed by atoms with Crippen molar-refractivity contribution in [1.82, 2.24) is 29.3 Å². The predicted molar refractivity (Wildman–Crippen MR) is 128 cm³/mol. The topological polar surface area (TPSA) is 61.4 Å². The number of halogens is 1. The Bertz CT molecular complexity index is 1550. The van der Waals surface area contributed by atoms with Crippen LogP contribution in [0.15, 0.2) is 61.1 Å². The zero-order valence-electron chi connectivity index (χ0n) is 18.1. The molecule has 0 fully saturated rings. The highest BCUT2D eigenvalue weighted by Crippen LogP contribution is 2.49. The first-order chi connectivity index (χ1) is 16.1. The van der Waals surface area contributed by atoms with E-state index in [0.29, 0.717) is 17.8 Å². The lowest BCUT2D eigenvalue weighted by atomic mass is 9.97. The van der Waals surface area contributed by atoms with Crippen molar-refractivity contribution in [2.75, 3.05) is 13.3 Å². The maximum atomic E-state index is 15.3. The van der Waals surface area contributed by atoms with E-state index in [2.05, 4.69) is 57.2 Å². The van der Waals surface area contributed by atoms with Crippen molar-refractivity contribution >= 4 is 24.4 Å². The van der Waals surface area contributed by atoms with Gasteiger partial charge < -0.3 is 4.57 Å². The largest absolute Gasteiger partial charge is 0.318 e. The highest BCUT2D eigenvalue weighted by molar-refractivity contribution is 7.63. The van der Waals surface area contributed by atoms with E-state index in [4.69, 9.17) is 4.98 Å². The molecule has 7 rings (SSSR count). The average molecular weight is 454 g/mol.